The molecule has 1 N–H and O–H groups in total. The van der Waals surface area contributed by atoms with Gasteiger partial charge in [-0.15, -0.1) is 0 Å². The predicted octanol–water partition coefficient (Wildman–Crippen LogP) is 4.12. The monoisotopic (exact) mass is 344 g/mol. The second kappa shape index (κ2) is 5.62. The number of carbonyl (C=O) groups excluding carboxylic acids is 1. The molecule has 0 atom stereocenters. The molecule has 20 heavy (non-hydrogen) atoms. The van der Waals surface area contributed by atoms with E-state index < -0.39 is 17.6 Å². The lowest BCUT2D eigenvalue weighted by molar-refractivity contribution is -0.137. The lowest BCUT2D eigenvalue weighted by Gasteiger charge is -2.10. The van der Waals surface area contributed by atoms with Crippen LogP contribution in [0.1, 0.15) is 15.9 Å². The molecule has 0 spiro atoms. The molecule has 0 aliphatic heterocycles. The smallest absolute Gasteiger partial charge is 0.322 e. The van der Waals surface area contributed by atoms with Crippen molar-refractivity contribution in [1.29, 1.82) is 0 Å². The maximum Gasteiger partial charge on any atom is 0.416 e. The highest BCUT2D eigenvalue weighted by Crippen LogP contribution is 2.30. The third-order valence-electron chi connectivity index (χ3n) is 2.44. The van der Waals surface area contributed by atoms with Crippen molar-refractivity contribution in [2.45, 2.75) is 6.18 Å². The van der Waals surface area contributed by atoms with Gasteiger partial charge < -0.3 is 5.32 Å². The minimum Gasteiger partial charge on any atom is -0.322 e. The van der Waals surface area contributed by atoms with Crippen LogP contribution in [0.2, 0.25) is 0 Å². The molecule has 0 saturated carbocycles. The molecule has 0 radical (unpaired) electrons. The topological polar surface area (TPSA) is 42.0 Å². The van der Waals surface area contributed by atoms with Crippen LogP contribution in [0.15, 0.2) is 47.2 Å². The van der Waals surface area contributed by atoms with Crippen LogP contribution in [0.25, 0.3) is 0 Å². The molecule has 0 saturated heterocycles. The number of nitrogens with one attached hydrogen (secondary N) is 1. The normalized spacial score (nSPS) is 11.2. The van der Waals surface area contributed by atoms with Crippen LogP contribution < -0.4 is 5.32 Å². The minimum atomic E-state index is -4.44. The van der Waals surface area contributed by atoms with Gasteiger partial charge in [0.15, 0.2) is 0 Å². The average Bonchev–Trinajstić information content (AvgIpc) is 2.38. The molecule has 1 heterocycles. The lowest BCUT2D eigenvalue weighted by Crippen LogP contribution is -2.13. The molecule has 104 valence electrons. The first-order valence-corrected chi connectivity index (χ1v) is 6.26. The van der Waals surface area contributed by atoms with E-state index in [4.69, 9.17) is 0 Å². The van der Waals surface area contributed by atoms with E-state index in [1.54, 1.807) is 0 Å². The molecule has 7 heteroatoms. The van der Waals surface area contributed by atoms with E-state index in [9.17, 15) is 18.0 Å². The summed E-state index contributed by atoms with van der Waals surface area (Å²) >= 11 is 3.11. The fourth-order valence-corrected chi connectivity index (χ4v) is 1.89. The summed E-state index contributed by atoms with van der Waals surface area (Å²) in [6.07, 6.45) is -3.02. The van der Waals surface area contributed by atoms with E-state index in [1.807, 2.05) is 0 Å². The molecule has 1 aromatic carbocycles. The van der Waals surface area contributed by atoms with Gasteiger partial charge in [-0.3, -0.25) is 4.79 Å². The van der Waals surface area contributed by atoms with Crippen molar-refractivity contribution in [3.05, 3.63) is 58.3 Å². The van der Waals surface area contributed by atoms with Crippen molar-refractivity contribution < 1.29 is 18.0 Å². The van der Waals surface area contributed by atoms with E-state index in [-0.39, 0.29) is 5.69 Å². The molecule has 0 fully saturated rings. The van der Waals surface area contributed by atoms with Crippen LogP contribution in [0.4, 0.5) is 18.9 Å². The highest BCUT2D eigenvalue weighted by molar-refractivity contribution is 9.10. The van der Waals surface area contributed by atoms with E-state index >= 15 is 0 Å². The number of hydrogen-bond donors (Lipinski definition) is 1. The Morgan fingerprint density at radius 2 is 1.95 bits per heavy atom. The molecule has 1 amide bonds. The van der Waals surface area contributed by atoms with Crippen LogP contribution in [0.5, 0.6) is 0 Å². The number of hydrogen-bond acceptors (Lipinski definition) is 2. The fraction of sp³-hybridized carbons (Fsp3) is 0.0769. The molecule has 2 rings (SSSR count). The third kappa shape index (κ3) is 3.57. The summed E-state index contributed by atoms with van der Waals surface area (Å²) < 4.78 is 38.1. The summed E-state index contributed by atoms with van der Waals surface area (Å²) in [6.45, 7) is 0. The van der Waals surface area contributed by atoms with Gasteiger partial charge in [-0.05, 0) is 46.3 Å². The number of benzene rings is 1. The Morgan fingerprint density at radius 3 is 2.60 bits per heavy atom. The fourth-order valence-electron chi connectivity index (χ4n) is 1.52. The van der Waals surface area contributed by atoms with Crippen molar-refractivity contribution >= 4 is 27.5 Å². The number of nitrogens with zero attached hydrogens (tertiary/aromatic N) is 1. The zero-order valence-corrected chi connectivity index (χ0v) is 11.5. The largest absolute Gasteiger partial charge is 0.416 e. The van der Waals surface area contributed by atoms with E-state index in [2.05, 4.69) is 26.2 Å². The van der Waals surface area contributed by atoms with Crippen molar-refractivity contribution in [2.24, 2.45) is 0 Å². The quantitative estimate of drug-likeness (QED) is 0.833. The number of aromatic nitrogens is 1. The molecule has 0 aliphatic rings. The Labute approximate surface area is 121 Å². The number of halogens is 4. The van der Waals surface area contributed by atoms with Gasteiger partial charge in [-0.25, -0.2) is 4.98 Å². The van der Waals surface area contributed by atoms with Gasteiger partial charge in [0.25, 0.3) is 5.91 Å². The van der Waals surface area contributed by atoms with Crippen LogP contribution in [0.3, 0.4) is 0 Å². The van der Waals surface area contributed by atoms with E-state index in [1.165, 1.54) is 30.5 Å². The Bertz CT molecular complexity index is 644. The Morgan fingerprint density at radius 1 is 1.20 bits per heavy atom. The zero-order valence-electron chi connectivity index (χ0n) is 9.91. The zero-order chi connectivity index (χ0) is 14.8. The SMILES string of the molecule is O=C(Nc1cccc(C(F)(F)F)c1)c1ccnc(Br)c1. The van der Waals surface area contributed by atoms with Crippen LogP contribution >= 0.6 is 15.9 Å². The number of pyridine rings is 1. The van der Waals surface area contributed by atoms with Crippen LogP contribution in [-0.2, 0) is 6.18 Å². The summed E-state index contributed by atoms with van der Waals surface area (Å²) in [5, 5.41) is 2.41. The number of anilines is 1. The van der Waals surface area contributed by atoms with Gasteiger partial charge in [-0.2, -0.15) is 13.2 Å². The summed E-state index contributed by atoms with van der Waals surface area (Å²) in [6, 6.07) is 7.40. The lowest BCUT2D eigenvalue weighted by atomic mass is 10.2. The number of rotatable bonds is 2. The molecular formula is C13H8BrF3N2O. The summed E-state index contributed by atoms with van der Waals surface area (Å²) in [5.41, 5.74) is -0.437. The highest BCUT2D eigenvalue weighted by atomic mass is 79.9. The molecule has 3 nitrogen and oxygen atoms in total. The van der Waals surface area contributed by atoms with Gasteiger partial charge in [0.05, 0.1) is 5.56 Å². The predicted molar refractivity (Wildman–Crippen MR) is 71.3 cm³/mol. The first-order valence-electron chi connectivity index (χ1n) is 5.46. The van der Waals surface area contributed by atoms with Gasteiger partial charge in [0.2, 0.25) is 0 Å². The molecule has 2 aromatic rings. The molecular weight excluding hydrogens is 337 g/mol. The number of alkyl halides is 3. The average molecular weight is 345 g/mol. The maximum atomic E-state index is 12.6. The van der Waals surface area contributed by atoms with Gasteiger partial charge in [0.1, 0.15) is 4.60 Å². The number of amides is 1. The summed E-state index contributed by atoms with van der Waals surface area (Å²) in [7, 11) is 0. The van der Waals surface area contributed by atoms with Gasteiger partial charge in [0, 0.05) is 17.4 Å². The minimum absolute atomic E-state index is 0.0813. The van der Waals surface area contributed by atoms with Gasteiger partial charge in [-0.1, -0.05) is 6.07 Å². The maximum absolute atomic E-state index is 12.6. The van der Waals surface area contributed by atoms with Crippen molar-refractivity contribution in [2.75, 3.05) is 5.32 Å². The Balaban J connectivity index is 2.20. The van der Waals surface area contributed by atoms with E-state index in [0.717, 1.165) is 12.1 Å². The van der Waals surface area contributed by atoms with Gasteiger partial charge >= 0.3 is 6.18 Å². The molecule has 0 unspecified atom stereocenters. The Hall–Kier alpha value is -1.89. The first-order chi connectivity index (χ1) is 9.36. The molecule has 1 aromatic heterocycles. The first kappa shape index (κ1) is 14.5. The number of carbonyl (C=O) groups is 1. The van der Waals surface area contributed by atoms with Crippen LogP contribution in [0, 0.1) is 0 Å². The van der Waals surface area contributed by atoms with Crippen molar-refractivity contribution in [1.82, 2.24) is 4.98 Å². The second-order valence-corrected chi connectivity index (χ2v) is 4.71. The highest BCUT2D eigenvalue weighted by Gasteiger charge is 2.30. The second-order valence-electron chi connectivity index (χ2n) is 3.90. The van der Waals surface area contributed by atoms with Crippen molar-refractivity contribution in [3.8, 4) is 0 Å². The Kier molecular flexibility index (Phi) is 4.08. The molecule has 0 aliphatic carbocycles. The molecule has 0 bridgehead atoms. The summed E-state index contributed by atoms with van der Waals surface area (Å²) in [5.74, 6) is -0.507. The van der Waals surface area contributed by atoms with E-state index in [0.29, 0.717) is 10.2 Å². The standard InChI is InChI=1S/C13H8BrF3N2O/c14-11-6-8(4-5-18-11)12(20)19-10-3-1-2-9(7-10)13(15,16)17/h1-7H,(H,19,20). The third-order valence-corrected chi connectivity index (χ3v) is 2.87. The van der Waals surface area contributed by atoms with Crippen molar-refractivity contribution in [3.63, 3.8) is 0 Å². The summed E-state index contributed by atoms with van der Waals surface area (Å²) in [4.78, 5) is 15.7. The van der Waals surface area contributed by atoms with Crippen LogP contribution in [-0.4, -0.2) is 10.9 Å².